The van der Waals surface area contributed by atoms with Gasteiger partial charge in [-0.1, -0.05) is 20.8 Å². The van der Waals surface area contributed by atoms with Crippen molar-refractivity contribution in [1.82, 2.24) is 5.32 Å². The zero-order valence-corrected chi connectivity index (χ0v) is 12.5. The van der Waals surface area contributed by atoms with E-state index in [0.717, 1.165) is 39.2 Å². The molecular formula is C13H28ClNO2. The standard InChI is InChI=1S/C13H28ClNO2/c1-13(2,3)12(6-7-14)15-8-11-17-10-5-9-16-4/h12,15H,5-11H2,1-4H3. The number of nitrogens with one attached hydrogen (secondary N) is 1. The van der Waals surface area contributed by atoms with Crippen molar-refractivity contribution in [2.24, 2.45) is 5.41 Å². The third-order valence-corrected chi connectivity index (χ3v) is 2.94. The van der Waals surface area contributed by atoms with Gasteiger partial charge in [0.15, 0.2) is 0 Å². The van der Waals surface area contributed by atoms with Crippen molar-refractivity contribution < 1.29 is 9.47 Å². The Kier molecular flexibility index (Phi) is 10.2. The van der Waals surface area contributed by atoms with Gasteiger partial charge in [-0.05, 0) is 18.3 Å². The van der Waals surface area contributed by atoms with E-state index in [1.54, 1.807) is 7.11 Å². The van der Waals surface area contributed by atoms with Gasteiger partial charge in [-0.3, -0.25) is 0 Å². The average molecular weight is 266 g/mol. The first kappa shape index (κ1) is 17.2. The summed E-state index contributed by atoms with van der Waals surface area (Å²) in [5, 5.41) is 3.51. The first-order valence-electron chi connectivity index (χ1n) is 6.38. The second-order valence-corrected chi connectivity index (χ2v) is 5.69. The molecule has 0 bridgehead atoms. The molecule has 1 unspecified atom stereocenters. The normalized spacial score (nSPS) is 13.9. The van der Waals surface area contributed by atoms with E-state index in [-0.39, 0.29) is 5.41 Å². The molecule has 0 aromatic carbocycles. The highest BCUT2D eigenvalue weighted by atomic mass is 35.5. The highest BCUT2D eigenvalue weighted by molar-refractivity contribution is 6.17. The highest BCUT2D eigenvalue weighted by Gasteiger charge is 2.22. The Hall–Kier alpha value is 0.170. The van der Waals surface area contributed by atoms with Crippen molar-refractivity contribution in [2.45, 2.75) is 39.7 Å². The zero-order chi connectivity index (χ0) is 13.1. The van der Waals surface area contributed by atoms with Crippen LogP contribution in [0, 0.1) is 5.41 Å². The Morgan fingerprint density at radius 2 is 1.88 bits per heavy atom. The van der Waals surface area contributed by atoms with Crippen LogP contribution in [0.3, 0.4) is 0 Å². The topological polar surface area (TPSA) is 30.5 Å². The van der Waals surface area contributed by atoms with Gasteiger partial charge in [0.25, 0.3) is 0 Å². The van der Waals surface area contributed by atoms with E-state index >= 15 is 0 Å². The Bertz CT molecular complexity index is 171. The molecule has 3 nitrogen and oxygen atoms in total. The maximum Gasteiger partial charge on any atom is 0.0591 e. The molecule has 0 aliphatic carbocycles. The zero-order valence-electron chi connectivity index (χ0n) is 11.7. The molecule has 0 amide bonds. The number of rotatable bonds is 10. The predicted octanol–water partition coefficient (Wildman–Crippen LogP) is 2.67. The van der Waals surface area contributed by atoms with Gasteiger partial charge in [0.05, 0.1) is 6.61 Å². The SMILES string of the molecule is COCCCOCCNC(CCCl)C(C)(C)C. The maximum atomic E-state index is 5.81. The largest absolute Gasteiger partial charge is 0.385 e. The van der Waals surface area contributed by atoms with Crippen molar-refractivity contribution in [1.29, 1.82) is 0 Å². The summed E-state index contributed by atoms with van der Waals surface area (Å²) in [7, 11) is 1.71. The molecule has 0 rings (SSSR count). The summed E-state index contributed by atoms with van der Waals surface area (Å²) in [4.78, 5) is 0. The van der Waals surface area contributed by atoms with Crippen LogP contribution in [-0.4, -0.2) is 45.4 Å². The molecule has 0 aromatic heterocycles. The van der Waals surface area contributed by atoms with E-state index in [4.69, 9.17) is 21.1 Å². The van der Waals surface area contributed by atoms with Crippen LogP contribution in [0.5, 0.6) is 0 Å². The van der Waals surface area contributed by atoms with Gasteiger partial charge in [-0.15, -0.1) is 11.6 Å². The lowest BCUT2D eigenvalue weighted by Crippen LogP contribution is -2.42. The lowest BCUT2D eigenvalue weighted by atomic mass is 9.85. The van der Waals surface area contributed by atoms with Crippen LogP contribution >= 0.6 is 11.6 Å². The van der Waals surface area contributed by atoms with Gasteiger partial charge in [0, 0.05) is 38.8 Å². The van der Waals surface area contributed by atoms with E-state index in [9.17, 15) is 0 Å². The summed E-state index contributed by atoms with van der Waals surface area (Å²) in [5.74, 6) is 0.698. The summed E-state index contributed by atoms with van der Waals surface area (Å²) in [6.07, 6.45) is 1.95. The lowest BCUT2D eigenvalue weighted by molar-refractivity contribution is 0.0997. The van der Waals surface area contributed by atoms with Crippen molar-refractivity contribution in [3.63, 3.8) is 0 Å². The van der Waals surface area contributed by atoms with Gasteiger partial charge in [-0.25, -0.2) is 0 Å². The molecule has 4 heteroatoms. The van der Waals surface area contributed by atoms with E-state index in [0.29, 0.717) is 11.9 Å². The van der Waals surface area contributed by atoms with Gasteiger partial charge in [0.2, 0.25) is 0 Å². The third kappa shape index (κ3) is 9.83. The van der Waals surface area contributed by atoms with Crippen LogP contribution in [0.2, 0.25) is 0 Å². The fourth-order valence-electron chi connectivity index (χ4n) is 1.66. The molecular weight excluding hydrogens is 238 g/mol. The van der Waals surface area contributed by atoms with Crippen LogP contribution in [0.1, 0.15) is 33.6 Å². The van der Waals surface area contributed by atoms with Gasteiger partial charge in [-0.2, -0.15) is 0 Å². The number of alkyl halides is 1. The Morgan fingerprint density at radius 3 is 2.41 bits per heavy atom. The van der Waals surface area contributed by atoms with Crippen molar-refractivity contribution >= 4 is 11.6 Å². The molecule has 0 heterocycles. The molecule has 0 radical (unpaired) electrons. The van der Waals surface area contributed by atoms with Gasteiger partial charge < -0.3 is 14.8 Å². The lowest BCUT2D eigenvalue weighted by Gasteiger charge is -2.31. The number of ether oxygens (including phenoxy) is 2. The van der Waals surface area contributed by atoms with E-state index < -0.39 is 0 Å². The molecule has 0 spiro atoms. The second-order valence-electron chi connectivity index (χ2n) is 5.31. The minimum atomic E-state index is 0.241. The van der Waals surface area contributed by atoms with E-state index in [1.807, 2.05) is 0 Å². The van der Waals surface area contributed by atoms with Gasteiger partial charge >= 0.3 is 0 Å². The Morgan fingerprint density at radius 1 is 1.18 bits per heavy atom. The minimum Gasteiger partial charge on any atom is -0.385 e. The Balaban J connectivity index is 3.55. The van der Waals surface area contributed by atoms with Crippen molar-refractivity contribution in [3.05, 3.63) is 0 Å². The molecule has 17 heavy (non-hydrogen) atoms. The smallest absolute Gasteiger partial charge is 0.0591 e. The molecule has 1 N–H and O–H groups in total. The first-order valence-corrected chi connectivity index (χ1v) is 6.92. The number of methoxy groups -OCH3 is 1. The molecule has 0 aliphatic rings. The van der Waals surface area contributed by atoms with Crippen LogP contribution in [0.4, 0.5) is 0 Å². The van der Waals surface area contributed by atoms with Crippen LogP contribution in [-0.2, 0) is 9.47 Å². The fraction of sp³-hybridized carbons (Fsp3) is 1.00. The molecule has 1 atom stereocenters. The molecule has 0 fully saturated rings. The maximum absolute atomic E-state index is 5.81. The summed E-state index contributed by atoms with van der Waals surface area (Å²) in [6.45, 7) is 9.86. The number of hydrogen-bond donors (Lipinski definition) is 1. The van der Waals surface area contributed by atoms with Crippen molar-refractivity contribution in [3.8, 4) is 0 Å². The molecule has 0 aromatic rings. The predicted molar refractivity (Wildman–Crippen MR) is 73.9 cm³/mol. The van der Waals surface area contributed by atoms with E-state index in [2.05, 4.69) is 26.1 Å². The minimum absolute atomic E-state index is 0.241. The quantitative estimate of drug-likeness (QED) is 0.487. The summed E-state index contributed by atoms with van der Waals surface area (Å²) < 4.78 is 10.5. The van der Waals surface area contributed by atoms with Gasteiger partial charge in [0.1, 0.15) is 0 Å². The third-order valence-electron chi connectivity index (χ3n) is 2.72. The number of hydrogen-bond acceptors (Lipinski definition) is 3. The summed E-state index contributed by atoms with van der Waals surface area (Å²) in [6, 6.07) is 0.447. The highest BCUT2D eigenvalue weighted by Crippen LogP contribution is 2.21. The van der Waals surface area contributed by atoms with Crippen molar-refractivity contribution in [2.75, 3.05) is 39.4 Å². The molecule has 0 aliphatic heterocycles. The summed E-state index contributed by atoms with van der Waals surface area (Å²) >= 11 is 5.81. The second kappa shape index (κ2) is 10.1. The van der Waals surface area contributed by atoms with E-state index in [1.165, 1.54) is 0 Å². The molecule has 0 saturated carbocycles. The first-order chi connectivity index (χ1) is 8.02. The molecule has 0 saturated heterocycles. The van der Waals surface area contributed by atoms with Crippen LogP contribution < -0.4 is 5.32 Å². The average Bonchev–Trinajstić information content (AvgIpc) is 2.25. The van der Waals surface area contributed by atoms with Crippen LogP contribution in [0.25, 0.3) is 0 Å². The van der Waals surface area contributed by atoms with Crippen LogP contribution in [0.15, 0.2) is 0 Å². The number of halogens is 1. The molecule has 104 valence electrons. The summed E-state index contributed by atoms with van der Waals surface area (Å²) in [5.41, 5.74) is 0.241. The fourth-order valence-corrected chi connectivity index (χ4v) is 1.88. The monoisotopic (exact) mass is 265 g/mol. The Labute approximate surface area is 111 Å².